The number of rotatable bonds is 6. The molecule has 1 aliphatic rings. The Morgan fingerprint density at radius 1 is 1.58 bits per heavy atom. The molecule has 19 heavy (non-hydrogen) atoms. The van der Waals surface area contributed by atoms with Crippen molar-refractivity contribution in [3.8, 4) is 0 Å². The van der Waals surface area contributed by atoms with Gasteiger partial charge in [0.2, 0.25) is 0 Å². The van der Waals surface area contributed by atoms with Gasteiger partial charge >= 0.3 is 0 Å². The molecule has 2 N–H and O–H groups in total. The Bertz CT molecular complexity index is 366. The molecule has 108 valence electrons. The van der Waals surface area contributed by atoms with Crippen molar-refractivity contribution in [2.45, 2.75) is 50.8 Å². The highest BCUT2D eigenvalue weighted by Gasteiger charge is 2.38. The first-order valence-electron chi connectivity index (χ1n) is 7.25. The van der Waals surface area contributed by atoms with Crippen LogP contribution in [0.2, 0.25) is 0 Å². The fraction of sp³-hybridized carbons (Fsp3) is 0.733. The average molecular weight is 282 g/mol. The van der Waals surface area contributed by atoms with Crippen molar-refractivity contribution in [3.05, 3.63) is 22.4 Å². The van der Waals surface area contributed by atoms with Crippen molar-refractivity contribution in [2.24, 2.45) is 5.73 Å². The molecule has 1 aromatic rings. The summed E-state index contributed by atoms with van der Waals surface area (Å²) in [6.45, 7) is 4.78. The molecule has 2 heterocycles. The Labute approximate surface area is 120 Å². The van der Waals surface area contributed by atoms with Crippen LogP contribution in [0.3, 0.4) is 0 Å². The monoisotopic (exact) mass is 282 g/mol. The lowest BCUT2D eigenvalue weighted by Gasteiger charge is -2.46. The Kier molecular flexibility index (Phi) is 5.39. The summed E-state index contributed by atoms with van der Waals surface area (Å²) in [5.41, 5.74) is 6.25. The number of nitrogens with zero attached hydrogens (tertiary/aromatic N) is 1. The first-order chi connectivity index (χ1) is 9.20. The van der Waals surface area contributed by atoms with Gasteiger partial charge in [0, 0.05) is 30.1 Å². The summed E-state index contributed by atoms with van der Waals surface area (Å²) < 4.78 is 5.88. The van der Waals surface area contributed by atoms with E-state index in [0.717, 1.165) is 39.0 Å². The zero-order valence-electron chi connectivity index (χ0n) is 12.1. The van der Waals surface area contributed by atoms with Crippen molar-refractivity contribution in [2.75, 3.05) is 20.2 Å². The van der Waals surface area contributed by atoms with E-state index in [1.807, 2.05) is 11.3 Å². The van der Waals surface area contributed by atoms with Gasteiger partial charge in [0.05, 0.1) is 6.10 Å². The van der Waals surface area contributed by atoms with Crippen molar-refractivity contribution in [3.63, 3.8) is 0 Å². The highest BCUT2D eigenvalue weighted by atomic mass is 32.1. The molecule has 0 radical (unpaired) electrons. The van der Waals surface area contributed by atoms with Crippen LogP contribution in [0.25, 0.3) is 0 Å². The third-order valence-corrected chi connectivity index (χ3v) is 5.16. The van der Waals surface area contributed by atoms with Gasteiger partial charge in [0.25, 0.3) is 0 Å². The number of hydrogen-bond donors (Lipinski definition) is 1. The highest BCUT2D eigenvalue weighted by molar-refractivity contribution is 7.09. The second-order valence-electron chi connectivity index (χ2n) is 5.60. The van der Waals surface area contributed by atoms with Crippen molar-refractivity contribution in [1.29, 1.82) is 0 Å². The molecule has 0 saturated carbocycles. The third kappa shape index (κ3) is 3.57. The smallest absolute Gasteiger partial charge is 0.0593 e. The maximum atomic E-state index is 6.13. The van der Waals surface area contributed by atoms with E-state index in [2.05, 4.69) is 36.4 Å². The van der Waals surface area contributed by atoms with Crippen LogP contribution in [0, 0.1) is 0 Å². The predicted molar refractivity (Wildman–Crippen MR) is 81.5 cm³/mol. The second kappa shape index (κ2) is 6.84. The molecule has 2 rings (SSSR count). The Morgan fingerprint density at radius 3 is 3.05 bits per heavy atom. The quantitative estimate of drug-likeness (QED) is 0.872. The van der Waals surface area contributed by atoms with Crippen LogP contribution in [-0.4, -0.2) is 36.7 Å². The summed E-state index contributed by atoms with van der Waals surface area (Å²) in [5.74, 6) is 0. The van der Waals surface area contributed by atoms with E-state index in [1.54, 1.807) is 0 Å². The number of likely N-dealkylation sites (N-methyl/N-ethyl adjacent to an activating group) is 1. The zero-order chi connectivity index (χ0) is 13.7. The molecular formula is C15H26N2OS. The molecule has 1 fully saturated rings. The van der Waals surface area contributed by atoms with Gasteiger partial charge in [-0.25, -0.2) is 0 Å². The topological polar surface area (TPSA) is 38.5 Å². The van der Waals surface area contributed by atoms with Gasteiger partial charge in [-0.15, -0.1) is 11.3 Å². The van der Waals surface area contributed by atoms with E-state index in [1.165, 1.54) is 11.3 Å². The summed E-state index contributed by atoms with van der Waals surface area (Å²) in [7, 11) is 2.21. The van der Waals surface area contributed by atoms with Crippen LogP contribution < -0.4 is 5.73 Å². The van der Waals surface area contributed by atoms with Crippen LogP contribution in [0.1, 0.15) is 37.5 Å². The lowest BCUT2D eigenvalue weighted by molar-refractivity contribution is -0.0688. The van der Waals surface area contributed by atoms with Gasteiger partial charge in [-0.2, -0.15) is 0 Å². The number of ether oxygens (including phenoxy) is 1. The summed E-state index contributed by atoms with van der Waals surface area (Å²) in [4.78, 5) is 3.86. The molecule has 1 saturated heterocycles. The summed E-state index contributed by atoms with van der Waals surface area (Å²) >= 11 is 1.82. The highest BCUT2D eigenvalue weighted by Crippen LogP contribution is 2.32. The average Bonchev–Trinajstić information content (AvgIpc) is 2.92. The predicted octanol–water partition coefficient (Wildman–Crippen LogP) is 2.86. The molecular weight excluding hydrogens is 256 g/mol. The summed E-state index contributed by atoms with van der Waals surface area (Å²) in [6.07, 6.45) is 4.83. The normalized spacial score (nSPS) is 27.9. The minimum atomic E-state index is 0.113. The van der Waals surface area contributed by atoms with Gasteiger partial charge in [0.15, 0.2) is 0 Å². The first kappa shape index (κ1) is 15.0. The van der Waals surface area contributed by atoms with Gasteiger partial charge < -0.3 is 10.5 Å². The molecule has 0 spiro atoms. The van der Waals surface area contributed by atoms with Crippen LogP contribution >= 0.6 is 11.3 Å². The SMILES string of the molecule is CCCC1CC(CN)(N(C)Cc2cccs2)CCO1. The molecule has 3 nitrogen and oxygen atoms in total. The fourth-order valence-corrected chi connectivity index (χ4v) is 3.76. The van der Waals surface area contributed by atoms with E-state index < -0.39 is 0 Å². The number of nitrogens with two attached hydrogens (primary N) is 1. The first-order valence-corrected chi connectivity index (χ1v) is 8.13. The van der Waals surface area contributed by atoms with Gasteiger partial charge in [-0.1, -0.05) is 19.4 Å². The van der Waals surface area contributed by atoms with Gasteiger partial charge in [-0.05, 0) is 37.8 Å². The van der Waals surface area contributed by atoms with Crippen LogP contribution in [0.5, 0.6) is 0 Å². The maximum absolute atomic E-state index is 6.13. The molecule has 0 aliphatic carbocycles. The van der Waals surface area contributed by atoms with E-state index >= 15 is 0 Å². The molecule has 4 heteroatoms. The van der Waals surface area contributed by atoms with E-state index in [4.69, 9.17) is 10.5 Å². The zero-order valence-corrected chi connectivity index (χ0v) is 12.9. The van der Waals surface area contributed by atoms with E-state index in [0.29, 0.717) is 6.10 Å². The molecule has 0 amide bonds. The summed E-state index contributed by atoms with van der Waals surface area (Å²) in [6, 6.07) is 4.32. The van der Waals surface area contributed by atoms with Gasteiger partial charge in [-0.3, -0.25) is 4.90 Å². The lowest BCUT2D eigenvalue weighted by atomic mass is 9.84. The van der Waals surface area contributed by atoms with Crippen molar-refractivity contribution in [1.82, 2.24) is 4.90 Å². The molecule has 1 aliphatic heterocycles. The maximum Gasteiger partial charge on any atom is 0.0593 e. The fourth-order valence-electron chi connectivity index (χ4n) is 3.00. The van der Waals surface area contributed by atoms with Gasteiger partial charge in [0.1, 0.15) is 0 Å². The molecule has 2 atom stereocenters. The molecule has 2 unspecified atom stereocenters. The number of thiophene rings is 1. The van der Waals surface area contributed by atoms with Crippen LogP contribution in [0.4, 0.5) is 0 Å². The third-order valence-electron chi connectivity index (χ3n) is 4.30. The standard InChI is InChI=1S/C15H26N2OS/c1-3-5-13-10-15(12-16,7-8-18-13)17(2)11-14-6-4-9-19-14/h4,6,9,13H,3,5,7-8,10-12,16H2,1-2H3. The Morgan fingerprint density at radius 2 is 2.42 bits per heavy atom. The Hall–Kier alpha value is -0.420. The Balaban J connectivity index is 2.03. The minimum Gasteiger partial charge on any atom is -0.378 e. The van der Waals surface area contributed by atoms with Crippen LogP contribution in [-0.2, 0) is 11.3 Å². The van der Waals surface area contributed by atoms with Crippen molar-refractivity contribution < 1.29 is 4.74 Å². The van der Waals surface area contributed by atoms with Crippen molar-refractivity contribution >= 4 is 11.3 Å². The minimum absolute atomic E-state index is 0.113. The summed E-state index contributed by atoms with van der Waals surface area (Å²) in [5, 5.41) is 2.14. The number of hydrogen-bond acceptors (Lipinski definition) is 4. The lowest BCUT2D eigenvalue weighted by Crippen LogP contribution is -2.56. The van der Waals surface area contributed by atoms with E-state index in [-0.39, 0.29) is 5.54 Å². The molecule has 0 bridgehead atoms. The second-order valence-corrected chi connectivity index (χ2v) is 6.63. The van der Waals surface area contributed by atoms with Crippen LogP contribution in [0.15, 0.2) is 17.5 Å². The molecule has 1 aromatic heterocycles. The van der Waals surface area contributed by atoms with E-state index in [9.17, 15) is 0 Å². The molecule has 0 aromatic carbocycles. The largest absolute Gasteiger partial charge is 0.378 e.